The molecule has 0 bridgehead atoms. The number of nitrogen functional groups attached to an aromatic ring is 1. The average molecular weight is 237 g/mol. The van der Waals surface area contributed by atoms with E-state index >= 15 is 0 Å². The van der Waals surface area contributed by atoms with E-state index in [1.807, 2.05) is 12.1 Å². The Morgan fingerprint density at radius 3 is 2.38 bits per heavy atom. The van der Waals surface area contributed by atoms with E-state index in [1.54, 1.807) is 6.07 Å². The van der Waals surface area contributed by atoms with Crippen LogP contribution in [0.3, 0.4) is 0 Å². The largest absolute Gasteiger partial charge is 0.408 e. The van der Waals surface area contributed by atoms with E-state index in [-0.39, 0.29) is 11.5 Å². The molecule has 0 aliphatic heterocycles. The van der Waals surface area contributed by atoms with Crippen molar-refractivity contribution in [3.05, 3.63) is 23.9 Å². The predicted molar refractivity (Wildman–Crippen MR) is 69.4 cm³/mol. The molecule has 1 rings (SSSR count). The van der Waals surface area contributed by atoms with Crippen molar-refractivity contribution in [1.29, 1.82) is 0 Å². The molecule has 1 heterocycles. The Bertz CT molecular complexity index is 347. The molecule has 0 amide bonds. The van der Waals surface area contributed by atoms with Gasteiger partial charge in [-0.25, -0.2) is 4.98 Å². The van der Waals surface area contributed by atoms with Crippen molar-refractivity contribution in [3.8, 4) is 0 Å². The van der Waals surface area contributed by atoms with Crippen molar-refractivity contribution in [2.24, 2.45) is 5.41 Å². The van der Waals surface area contributed by atoms with E-state index in [0.717, 1.165) is 5.69 Å². The summed E-state index contributed by atoms with van der Waals surface area (Å²) in [6.45, 7) is 10.7. The Labute approximate surface area is 99.8 Å². The lowest BCUT2D eigenvalue weighted by molar-refractivity contribution is 0.0829. The summed E-state index contributed by atoms with van der Waals surface area (Å²) in [5, 5.41) is 0. The summed E-state index contributed by atoms with van der Waals surface area (Å²) in [5.41, 5.74) is 6.67. The monoisotopic (exact) mass is 237 g/mol. The van der Waals surface area contributed by atoms with Gasteiger partial charge in [0, 0.05) is 0 Å². The van der Waals surface area contributed by atoms with Crippen LogP contribution in [0.5, 0.6) is 0 Å². The van der Waals surface area contributed by atoms with Crippen LogP contribution in [0.1, 0.15) is 32.6 Å². The summed E-state index contributed by atoms with van der Waals surface area (Å²) in [5.74, 6) is 0.552. The van der Waals surface area contributed by atoms with Crippen LogP contribution < -0.4 is 5.73 Å². The lowest BCUT2D eigenvalue weighted by Crippen LogP contribution is -2.26. The van der Waals surface area contributed by atoms with Crippen LogP contribution in [0.25, 0.3) is 0 Å². The van der Waals surface area contributed by atoms with Gasteiger partial charge >= 0.3 is 0 Å². The standard InChI is InChI=1S/C12H21N2OSi/c1-12(2,3)11(15-16(4)5)9-7-6-8-10(13)14-9/h6-8,11H,1-5H3,(H2,13,14). The molecular formula is C12H21N2OSi. The maximum absolute atomic E-state index is 6.04. The van der Waals surface area contributed by atoms with Crippen molar-refractivity contribution in [2.45, 2.75) is 40.0 Å². The highest BCUT2D eigenvalue weighted by atomic mass is 28.3. The van der Waals surface area contributed by atoms with E-state index in [2.05, 4.69) is 38.8 Å². The molecule has 16 heavy (non-hydrogen) atoms. The average Bonchev–Trinajstić information content (AvgIpc) is 2.12. The fourth-order valence-electron chi connectivity index (χ4n) is 1.53. The van der Waals surface area contributed by atoms with Crippen LogP contribution in [-0.4, -0.2) is 14.0 Å². The van der Waals surface area contributed by atoms with Crippen LogP contribution in [0, 0.1) is 5.41 Å². The van der Waals surface area contributed by atoms with Gasteiger partial charge < -0.3 is 10.2 Å². The van der Waals surface area contributed by atoms with E-state index in [4.69, 9.17) is 10.2 Å². The third kappa shape index (κ3) is 3.61. The van der Waals surface area contributed by atoms with Gasteiger partial charge in [-0.05, 0) is 30.6 Å². The minimum Gasteiger partial charge on any atom is -0.408 e. The molecule has 1 radical (unpaired) electrons. The number of hydrogen-bond donors (Lipinski definition) is 1. The molecule has 0 saturated heterocycles. The van der Waals surface area contributed by atoms with Crippen molar-refractivity contribution in [1.82, 2.24) is 4.98 Å². The van der Waals surface area contributed by atoms with Gasteiger partial charge in [0.25, 0.3) is 0 Å². The zero-order chi connectivity index (χ0) is 12.3. The molecule has 0 aliphatic carbocycles. The van der Waals surface area contributed by atoms with Gasteiger partial charge in [0.2, 0.25) is 9.04 Å². The van der Waals surface area contributed by atoms with Crippen LogP contribution >= 0.6 is 0 Å². The van der Waals surface area contributed by atoms with Gasteiger partial charge in [0.05, 0.1) is 11.8 Å². The Kier molecular flexibility index (Phi) is 4.10. The molecule has 89 valence electrons. The molecule has 2 N–H and O–H groups in total. The minimum atomic E-state index is -0.756. The summed E-state index contributed by atoms with van der Waals surface area (Å²) < 4.78 is 6.04. The smallest absolute Gasteiger partial charge is 0.205 e. The topological polar surface area (TPSA) is 48.1 Å². The lowest BCUT2D eigenvalue weighted by Gasteiger charge is -2.32. The van der Waals surface area contributed by atoms with Gasteiger partial charge in [0.1, 0.15) is 5.82 Å². The number of hydrogen-bond acceptors (Lipinski definition) is 3. The molecule has 4 heteroatoms. The highest BCUT2D eigenvalue weighted by molar-refractivity contribution is 6.48. The van der Waals surface area contributed by atoms with Gasteiger partial charge in [-0.1, -0.05) is 26.8 Å². The first kappa shape index (κ1) is 13.2. The van der Waals surface area contributed by atoms with Crippen LogP contribution in [0.4, 0.5) is 5.82 Å². The molecule has 0 saturated carbocycles. The van der Waals surface area contributed by atoms with Crippen molar-refractivity contribution in [2.75, 3.05) is 5.73 Å². The molecule has 1 aromatic rings. The number of anilines is 1. The quantitative estimate of drug-likeness (QED) is 0.822. The van der Waals surface area contributed by atoms with Gasteiger partial charge in [-0.3, -0.25) is 0 Å². The Morgan fingerprint density at radius 1 is 1.31 bits per heavy atom. The predicted octanol–water partition coefficient (Wildman–Crippen LogP) is 3.02. The normalized spacial score (nSPS) is 14.1. The number of aromatic nitrogens is 1. The van der Waals surface area contributed by atoms with Gasteiger partial charge in [-0.15, -0.1) is 0 Å². The third-order valence-corrected chi connectivity index (χ3v) is 2.91. The number of nitrogens with two attached hydrogens (primary N) is 1. The molecule has 0 aliphatic rings. The molecule has 1 atom stereocenters. The Hall–Kier alpha value is -0.873. The zero-order valence-corrected chi connectivity index (χ0v) is 11.7. The SMILES string of the molecule is C[Si](C)OC(c1cccc(N)n1)C(C)(C)C. The van der Waals surface area contributed by atoms with E-state index < -0.39 is 9.04 Å². The summed E-state index contributed by atoms with van der Waals surface area (Å²) >= 11 is 0. The van der Waals surface area contributed by atoms with Gasteiger partial charge in [-0.2, -0.15) is 0 Å². The summed E-state index contributed by atoms with van der Waals surface area (Å²) in [6, 6.07) is 5.71. The minimum absolute atomic E-state index is 0.0138. The van der Waals surface area contributed by atoms with Crippen LogP contribution in [-0.2, 0) is 4.43 Å². The molecule has 0 fully saturated rings. The fraction of sp³-hybridized carbons (Fsp3) is 0.583. The van der Waals surface area contributed by atoms with Crippen LogP contribution in [0.2, 0.25) is 13.1 Å². The number of pyridine rings is 1. The Balaban J connectivity index is 3.01. The fourth-order valence-corrected chi connectivity index (χ4v) is 2.48. The second-order valence-corrected chi connectivity index (χ2v) is 7.31. The zero-order valence-electron chi connectivity index (χ0n) is 10.7. The Morgan fingerprint density at radius 2 is 1.94 bits per heavy atom. The van der Waals surface area contributed by atoms with Crippen LogP contribution in [0.15, 0.2) is 18.2 Å². The first-order chi connectivity index (χ1) is 7.30. The van der Waals surface area contributed by atoms with Crippen molar-refractivity contribution < 1.29 is 4.43 Å². The molecule has 3 nitrogen and oxygen atoms in total. The maximum Gasteiger partial charge on any atom is 0.205 e. The second-order valence-electron chi connectivity index (χ2n) is 5.26. The highest BCUT2D eigenvalue weighted by Crippen LogP contribution is 2.35. The molecule has 1 unspecified atom stereocenters. The molecule has 0 aromatic carbocycles. The molecule has 1 aromatic heterocycles. The van der Waals surface area contributed by atoms with E-state index in [9.17, 15) is 0 Å². The molecule has 0 spiro atoms. The summed E-state index contributed by atoms with van der Waals surface area (Å²) in [6.07, 6.45) is 0.0138. The lowest BCUT2D eigenvalue weighted by atomic mass is 9.87. The third-order valence-electron chi connectivity index (χ3n) is 2.20. The van der Waals surface area contributed by atoms with Gasteiger partial charge in [0.15, 0.2) is 0 Å². The first-order valence-corrected chi connectivity index (χ1v) is 7.91. The van der Waals surface area contributed by atoms with E-state index in [0.29, 0.717) is 5.82 Å². The summed E-state index contributed by atoms with van der Waals surface area (Å²) in [7, 11) is -0.756. The van der Waals surface area contributed by atoms with Crippen molar-refractivity contribution in [3.63, 3.8) is 0 Å². The number of rotatable bonds is 3. The van der Waals surface area contributed by atoms with E-state index in [1.165, 1.54) is 0 Å². The second kappa shape index (κ2) is 4.97. The first-order valence-electron chi connectivity index (χ1n) is 5.50. The molecular weight excluding hydrogens is 216 g/mol. The highest BCUT2D eigenvalue weighted by Gasteiger charge is 2.29. The maximum atomic E-state index is 6.04. The van der Waals surface area contributed by atoms with Crippen molar-refractivity contribution >= 4 is 14.9 Å². The summed E-state index contributed by atoms with van der Waals surface area (Å²) in [4.78, 5) is 4.36. The number of nitrogens with zero attached hydrogens (tertiary/aromatic N) is 1.